The first-order valence-electron chi connectivity index (χ1n) is 7.69. The Labute approximate surface area is 129 Å². The summed E-state index contributed by atoms with van der Waals surface area (Å²) < 4.78 is 0. The van der Waals surface area contributed by atoms with E-state index in [4.69, 9.17) is 0 Å². The van der Waals surface area contributed by atoms with Crippen LogP contribution in [0.4, 0.5) is 0 Å². The second-order valence-electron chi connectivity index (χ2n) is 6.36. The van der Waals surface area contributed by atoms with Crippen LogP contribution in [0.15, 0.2) is 11.4 Å². The summed E-state index contributed by atoms with van der Waals surface area (Å²) in [5, 5.41) is 4.97. The minimum atomic E-state index is -0.391. The summed E-state index contributed by atoms with van der Waals surface area (Å²) >= 11 is 1.76. The highest BCUT2D eigenvalue weighted by Crippen LogP contribution is 2.39. The maximum atomic E-state index is 12.9. The largest absolute Gasteiger partial charge is 0.342 e. The van der Waals surface area contributed by atoms with E-state index in [1.54, 1.807) is 11.3 Å². The number of carbonyl (C=O) groups is 2. The minimum Gasteiger partial charge on any atom is -0.342 e. The lowest BCUT2D eigenvalue weighted by Crippen LogP contribution is -2.64. The second kappa shape index (κ2) is 5.44. The third-order valence-electron chi connectivity index (χ3n) is 4.64. The van der Waals surface area contributed by atoms with Crippen LogP contribution in [0, 0.1) is 5.92 Å². The molecule has 1 N–H and O–H groups in total. The van der Waals surface area contributed by atoms with E-state index < -0.39 is 6.04 Å². The molecule has 0 aromatic carbocycles. The van der Waals surface area contributed by atoms with Crippen molar-refractivity contribution >= 4 is 23.2 Å². The quantitative estimate of drug-likeness (QED) is 0.912. The van der Waals surface area contributed by atoms with Crippen molar-refractivity contribution in [3.63, 3.8) is 0 Å². The van der Waals surface area contributed by atoms with Gasteiger partial charge in [0.25, 0.3) is 0 Å². The molecule has 1 aromatic heterocycles. The molecule has 2 amide bonds. The Morgan fingerprint density at radius 2 is 2.14 bits per heavy atom. The van der Waals surface area contributed by atoms with Crippen LogP contribution < -0.4 is 5.32 Å². The minimum absolute atomic E-state index is 0.0318. The van der Waals surface area contributed by atoms with Crippen LogP contribution in [-0.2, 0) is 16.0 Å². The Kier molecular flexibility index (Phi) is 3.78. The molecular weight excluding hydrogens is 284 g/mol. The number of thiophene rings is 1. The van der Waals surface area contributed by atoms with Gasteiger partial charge in [0.1, 0.15) is 12.1 Å². The van der Waals surface area contributed by atoms with Crippen molar-refractivity contribution in [2.75, 3.05) is 0 Å². The zero-order valence-corrected chi connectivity index (χ0v) is 13.6. The number of carbonyl (C=O) groups excluding carboxylic acids is 2. The van der Waals surface area contributed by atoms with E-state index in [0.717, 1.165) is 19.3 Å². The molecule has 5 heteroatoms. The molecule has 3 unspecified atom stereocenters. The van der Waals surface area contributed by atoms with E-state index in [1.165, 1.54) is 10.4 Å². The Morgan fingerprint density at radius 1 is 1.38 bits per heavy atom. The Morgan fingerprint density at radius 3 is 2.86 bits per heavy atom. The first-order chi connectivity index (χ1) is 10.0. The van der Waals surface area contributed by atoms with Crippen LogP contribution in [0.2, 0.25) is 0 Å². The van der Waals surface area contributed by atoms with Gasteiger partial charge in [-0.25, -0.2) is 0 Å². The number of fused-ring (bicyclic) bond motifs is 1. The maximum absolute atomic E-state index is 12.9. The molecule has 0 bridgehead atoms. The van der Waals surface area contributed by atoms with Gasteiger partial charge in [-0.2, -0.15) is 0 Å². The molecule has 21 heavy (non-hydrogen) atoms. The highest BCUT2D eigenvalue weighted by molar-refractivity contribution is 7.10. The molecule has 2 aliphatic rings. The third kappa shape index (κ3) is 2.37. The number of hydrogen-bond acceptors (Lipinski definition) is 3. The van der Waals surface area contributed by atoms with E-state index in [2.05, 4.69) is 16.8 Å². The summed E-state index contributed by atoms with van der Waals surface area (Å²) in [7, 11) is 0. The van der Waals surface area contributed by atoms with Crippen LogP contribution in [0.3, 0.4) is 0 Å². The molecular formula is C16H22N2O2S. The van der Waals surface area contributed by atoms with E-state index in [9.17, 15) is 9.59 Å². The fourth-order valence-electron chi connectivity index (χ4n) is 3.44. The fraction of sp³-hybridized carbons (Fsp3) is 0.625. The van der Waals surface area contributed by atoms with Crippen LogP contribution in [0.25, 0.3) is 0 Å². The predicted molar refractivity (Wildman–Crippen MR) is 83.1 cm³/mol. The van der Waals surface area contributed by atoms with Gasteiger partial charge in [0.05, 0.1) is 6.04 Å². The zero-order valence-electron chi connectivity index (χ0n) is 12.8. The molecule has 0 radical (unpaired) electrons. The first kappa shape index (κ1) is 14.6. The summed E-state index contributed by atoms with van der Waals surface area (Å²) in [6.07, 6.45) is 3.14. The zero-order chi connectivity index (χ0) is 15.1. The van der Waals surface area contributed by atoms with E-state index in [1.807, 2.05) is 25.7 Å². The SMILES string of the molecule is CC(C)C1NC(=O)C(C)N(C2CCCc3sccc32)C1=O. The van der Waals surface area contributed by atoms with Crippen molar-refractivity contribution < 1.29 is 9.59 Å². The average molecular weight is 306 g/mol. The molecule has 0 spiro atoms. The number of aryl methyl sites for hydroxylation is 1. The summed E-state index contributed by atoms with van der Waals surface area (Å²) in [6.45, 7) is 5.80. The lowest BCUT2D eigenvalue weighted by atomic mass is 9.89. The van der Waals surface area contributed by atoms with Crippen molar-refractivity contribution in [3.05, 3.63) is 21.9 Å². The Hall–Kier alpha value is -1.36. The van der Waals surface area contributed by atoms with Gasteiger partial charge in [-0.3, -0.25) is 9.59 Å². The Bertz CT molecular complexity index is 566. The van der Waals surface area contributed by atoms with Gasteiger partial charge in [-0.1, -0.05) is 13.8 Å². The van der Waals surface area contributed by atoms with Gasteiger partial charge in [-0.15, -0.1) is 11.3 Å². The third-order valence-corrected chi connectivity index (χ3v) is 5.63. The van der Waals surface area contributed by atoms with Crippen molar-refractivity contribution in [2.45, 2.75) is 58.2 Å². The highest BCUT2D eigenvalue weighted by Gasteiger charge is 2.44. The maximum Gasteiger partial charge on any atom is 0.246 e. The summed E-state index contributed by atoms with van der Waals surface area (Å²) in [6, 6.07) is 1.41. The van der Waals surface area contributed by atoms with E-state index >= 15 is 0 Å². The van der Waals surface area contributed by atoms with Crippen molar-refractivity contribution in [3.8, 4) is 0 Å². The Balaban J connectivity index is 1.96. The lowest BCUT2D eigenvalue weighted by Gasteiger charge is -2.44. The average Bonchev–Trinajstić information content (AvgIpc) is 2.92. The van der Waals surface area contributed by atoms with Crippen LogP contribution in [0.1, 0.15) is 50.1 Å². The molecule has 4 nitrogen and oxygen atoms in total. The van der Waals surface area contributed by atoms with Crippen LogP contribution >= 0.6 is 11.3 Å². The van der Waals surface area contributed by atoms with Crippen molar-refractivity contribution in [1.29, 1.82) is 0 Å². The highest BCUT2D eigenvalue weighted by atomic mass is 32.1. The van der Waals surface area contributed by atoms with Crippen LogP contribution in [0.5, 0.6) is 0 Å². The monoisotopic (exact) mass is 306 g/mol. The van der Waals surface area contributed by atoms with Crippen molar-refractivity contribution in [1.82, 2.24) is 10.2 Å². The lowest BCUT2D eigenvalue weighted by molar-refractivity contribution is -0.153. The van der Waals surface area contributed by atoms with Gasteiger partial charge in [0.2, 0.25) is 11.8 Å². The fourth-order valence-corrected chi connectivity index (χ4v) is 4.42. The van der Waals surface area contributed by atoms with Gasteiger partial charge < -0.3 is 10.2 Å². The van der Waals surface area contributed by atoms with Crippen molar-refractivity contribution in [2.24, 2.45) is 5.92 Å². The number of nitrogens with one attached hydrogen (secondary N) is 1. The number of amides is 2. The number of nitrogens with zero attached hydrogens (tertiary/aromatic N) is 1. The summed E-state index contributed by atoms with van der Waals surface area (Å²) in [4.78, 5) is 28.3. The van der Waals surface area contributed by atoms with Gasteiger partial charge in [-0.05, 0) is 49.1 Å². The molecule has 3 atom stereocenters. The molecule has 2 heterocycles. The standard InChI is InChI=1S/C16H22N2O2S/c1-9(2)14-16(20)18(10(3)15(19)17-14)12-5-4-6-13-11(12)7-8-21-13/h7-10,12,14H,4-6H2,1-3H3,(H,17,19). The van der Waals surface area contributed by atoms with Gasteiger partial charge >= 0.3 is 0 Å². The van der Waals surface area contributed by atoms with E-state index in [0.29, 0.717) is 0 Å². The predicted octanol–water partition coefficient (Wildman–Crippen LogP) is 2.50. The van der Waals surface area contributed by atoms with E-state index in [-0.39, 0.29) is 29.8 Å². The number of rotatable bonds is 2. The normalized spacial score (nSPS) is 29.5. The number of hydrogen-bond donors (Lipinski definition) is 1. The number of piperazine rings is 1. The molecule has 1 fully saturated rings. The van der Waals surface area contributed by atoms with Gasteiger partial charge in [0, 0.05) is 4.88 Å². The van der Waals surface area contributed by atoms with Crippen LogP contribution in [-0.4, -0.2) is 28.8 Å². The summed E-state index contributed by atoms with van der Waals surface area (Å²) in [5.74, 6) is 0.152. The summed E-state index contributed by atoms with van der Waals surface area (Å²) in [5.41, 5.74) is 1.25. The molecule has 1 aliphatic carbocycles. The molecule has 114 valence electrons. The molecule has 1 aromatic rings. The topological polar surface area (TPSA) is 49.4 Å². The molecule has 0 saturated carbocycles. The molecule has 1 aliphatic heterocycles. The molecule has 1 saturated heterocycles. The second-order valence-corrected chi connectivity index (χ2v) is 7.36. The smallest absolute Gasteiger partial charge is 0.246 e. The molecule has 3 rings (SSSR count). The first-order valence-corrected chi connectivity index (χ1v) is 8.57. The van der Waals surface area contributed by atoms with Gasteiger partial charge in [0.15, 0.2) is 0 Å².